The third kappa shape index (κ3) is 14.9. The van der Waals surface area contributed by atoms with Crippen LogP contribution >= 0.6 is 0 Å². The normalized spacial score (nSPS) is 11.4. The Morgan fingerprint density at radius 3 is 2.37 bits per heavy atom. The summed E-state index contributed by atoms with van der Waals surface area (Å²) in [5.74, 6) is -0.159. The third-order valence-electron chi connectivity index (χ3n) is 4.47. The highest BCUT2D eigenvalue weighted by Crippen LogP contribution is 2.10. The Morgan fingerprint density at radius 1 is 0.963 bits per heavy atom. The second kappa shape index (κ2) is 17.5. The fourth-order valence-electron chi connectivity index (χ4n) is 2.82. The maximum Gasteiger partial charge on any atom is 0.306 e. The van der Waals surface area contributed by atoms with Crippen molar-refractivity contribution >= 4 is 5.97 Å². The molecule has 0 radical (unpaired) electrons. The Morgan fingerprint density at radius 2 is 1.67 bits per heavy atom. The molecule has 1 rings (SSSR count). The van der Waals surface area contributed by atoms with E-state index in [1.807, 2.05) is 12.1 Å². The fraction of sp³-hybridized carbons (Fsp3) is 0.583. The van der Waals surface area contributed by atoms with Gasteiger partial charge in [-0.15, -0.1) is 0 Å². The molecule has 1 heterocycles. The number of carbonyl (C=O) groups is 1. The maximum atomic E-state index is 11.7. The molecule has 0 amide bonds. The smallest absolute Gasteiger partial charge is 0.306 e. The summed E-state index contributed by atoms with van der Waals surface area (Å²) in [5.41, 5.74) is 0.919. The van der Waals surface area contributed by atoms with Crippen LogP contribution in [0.15, 0.2) is 48.8 Å². The predicted octanol–water partition coefficient (Wildman–Crippen LogP) is 6.94. The molecule has 27 heavy (non-hydrogen) atoms. The van der Waals surface area contributed by atoms with E-state index in [1.54, 1.807) is 12.4 Å². The summed E-state index contributed by atoms with van der Waals surface area (Å²) in [5, 5.41) is 0. The van der Waals surface area contributed by atoms with Gasteiger partial charge in [-0.25, -0.2) is 0 Å². The maximum absolute atomic E-state index is 11.7. The van der Waals surface area contributed by atoms with Crippen molar-refractivity contribution in [1.82, 2.24) is 4.98 Å². The van der Waals surface area contributed by atoms with Gasteiger partial charge in [-0.2, -0.15) is 0 Å². The molecule has 3 nitrogen and oxygen atoms in total. The lowest BCUT2D eigenvalue weighted by molar-refractivity contribution is -0.144. The van der Waals surface area contributed by atoms with E-state index in [1.165, 1.54) is 57.8 Å². The second-order valence-electron chi connectivity index (χ2n) is 7.00. The van der Waals surface area contributed by atoms with Gasteiger partial charge in [0.25, 0.3) is 0 Å². The monoisotopic (exact) mass is 371 g/mol. The van der Waals surface area contributed by atoms with Crippen LogP contribution in [0.2, 0.25) is 0 Å². The Kier molecular flexibility index (Phi) is 15.0. The van der Waals surface area contributed by atoms with Gasteiger partial charge in [-0.05, 0) is 31.7 Å². The molecule has 0 spiro atoms. The Labute approximate surface area is 165 Å². The van der Waals surface area contributed by atoms with Crippen LogP contribution in [0.4, 0.5) is 0 Å². The van der Waals surface area contributed by atoms with Crippen molar-refractivity contribution < 1.29 is 9.53 Å². The molecule has 0 aromatic carbocycles. The van der Waals surface area contributed by atoms with Crippen molar-refractivity contribution in [3.8, 4) is 0 Å². The van der Waals surface area contributed by atoms with Crippen LogP contribution in [0, 0.1) is 0 Å². The number of pyridine rings is 1. The molecule has 0 saturated carbocycles. The summed E-state index contributed by atoms with van der Waals surface area (Å²) in [7, 11) is 0. The van der Waals surface area contributed by atoms with Crippen molar-refractivity contribution in [2.75, 3.05) is 0 Å². The van der Waals surface area contributed by atoms with Crippen molar-refractivity contribution in [3.63, 3.8) is 0 Å². The van der Waals surface area contributed by atoms with E-state index in [2.05, 4.69) is 36.2 Å². The summed E-state index contributed by atoms with van der Waals surface area (Å²) >= 11 is 0. The van der Waals surface area contributed by atoms with Gasteiger partial charge >= 0.3 is 5.97 Å². The zero-order chi connectivity index (χ0) is 19.4. The van der Waals surface area contributed by atoms with Crippen molar-refractivity contribution in [1.29, 1.82) is 0 Å². The lowest BCUT2D eigenvalue weighted by Gasteiger charge is -2.03. The highest BCUT2D eigenvalue weighted by molar-refractivity contribution is 5.69. The van der Waals surface area contributed by atoms with Crippen LogP contribution in [0.1, 0.15) is 89.5 Å². The van der Waals surface area contributed by atoms with Gasteiger partial charge in [-0.1, -0.05) is 82.2 Å². The number of nitrogens with zero attached hydrogens (tertiary/aromatic N) is 1. The quantitative estimate of drug-likeness (QED) is 0.179. The van der Waals surface area contributed by atoms with E-state index in [-0.39, 0.29) is 5.97 Å². The molecule has 0 atom stereocenters. The van der Waals surface area contributed by atoms with Crippen molar-refractivity contribution in [2.24, 2.45) is 0 Å². The number of esters is 1. The molecule has 3 heteroatoms. The average molecular weight is 372 g/mol. The van der Waals surface area contributed by atoms with E-state index >= 15 is 0 Å². The molecule has 0 saturated heterocycles. The number of ether oxygens (including phenoxy) is 1. The van der Waals surface area contributed by atoms with Gasteiger partial charge in [0.05, 0.1) is 0 Å². The zero-order valence-electron chi connectivity index (χ0n) is 17.1. The molecule has 0 aliphatic rings. The first-order chi connectivity index (χ1) is 13.3. The summed E-state index contributed by atoms with van der Waals surface area (Å²) in [6.07, 6.45) is 26.4. The number of rotatable bonds is 16. The number of carbonyl (C=O) groups excluding carboxylic acids is 1. The second-order valence-corrected chi connectivity index (χ2v) is 7.00. The minimum atomic E-state index is -0.159. The Balaban J connectivity index is 1.89. The fourth-order valence-corrected chi connectivity index (χ4v) is 2.82. The van der Waals surface area contributed by atoms with Gasteiger partial charge in [-0.3, -0.25) is 9.78 Å². The van der Waals surface area contributed by atoms with Crippen LogP contribution in [-0.2, 0) is 16.1 Å². The summed E-state index contributed by atoms with van der Waals surface area (Å²) in [6, 6.07) is 3.74. The molecular weight excluding hydrogens is 334 g/mol. The minimum absolute atomic E-state index is 0.159. The van der Waals surface area contributed by atoms with E-state index in [4.69, 9.17) is 4.74 Å². The van der Waals surface area contributed by atoms with Crippen molar-refractivity contribution in [2.45, 2.75) is 90.6 Å². The zero-order valence-corrected chi connectivity index (χ0v) is 17.1. The molecule has 1 aromatic rings. The van der Waals surface area contributed by atoms with Crippen LogP contribution in [0.3, 0.4) is 0 Å². The standard InChI is InChI=1S/C24H37NO2/c1-2-3-4-5-6-7-8-9-10-11-12-13-14-15-16-19-24(26)27-22-23-18-17-20-25-21-23/h11-12,14-15,17-18,20-21H,2-10,13,16,19,22H2,1H3/b12-11-,15-14-. The van der Waals surface area contributed by atoms with Crippen LogP contribution < -0.4 is 0 Å². The number of hydrogen-bond acceptors (Lipinski definition) is 3. The summed E-state index contributed by atoms with van der Waals surface area (Å²) in [6.45, 7) is 2.57. The molecule has 0 aliphatic heterocycles. The van der Waals surface area contributed by atoms with E-state index in [0.29, 0.717) is 13.0 Å². The molecule has 0 unspecified atom stereocenters. The average Bonchev–Trinajstić information content (AvgIpc) is 2.70. The van der Waals surface area contributed by atoms with Gasteiger partial charge < -0.3 is 4.74 Å². The van der Waals surface area contributed by atoms with Crippen LogP contribution in [0.5, 0.6) is 0 Å². The first kappa shape index (κ1) is 23.1. The lowest BCUT2D eigenvalue weighted by Crippen LogP contribution is -2.03. The summed E-state index contributed by atoms with van der Waals surface area (Å²) < 4.78 is 5.22. The molecule has 0 fully saturated rings. The van der Waals surface area contributed by atoms with Gasteiger partial charge in [0.15, 0.2) is 0 Å². The highest BCUT2D eigenvalue weighted by Gasteiger charge is 2.01. The minimum Gasteiger partial charge on any atom is -0.461 e. The van der Waals surface area contributed by atoms with E-state index in [0.717, 1.165) is 18.4 Å². The molecule has 0 aliphatic carbocycles. The van der Waals surface area contributed by atoms with E-state index in [9.17, 15) is 4.79 Å². The number of hydrogen-bond donors (Lipinski definition) is 0. The Bertz CT molecular complexity index is 522. The highest BCUT2D eigenvalue weighted by atomic mass is 16.5. The molecule has 1 aromatic heterocycles. The third-order valence-corrected chi connectivity index (χ3v) is 4.47. The summed E-state index contributed by atoms with van der Waals surface area (Å²) in [4.78, 5) is 15.7. The lowest BCUT2D eigenvalue weighted by atomic mass is 10.1. The topological polar surface area (TPSA) is 39.2 Å². The number of aromatic nitrogens is 1. The molecule has 0 N–H and O–H groups in total. The Hall–Kier alpha value is -1.90. The predicted molar refractivity (Wildman–Crippen MR) is 113 cm³/mol. The van der Waals surface area contributed by atoms with Crippen molar-refractivity contribution in [3.05, 3.63) is 54.4 Å². The van der Waals surface area contributed by atoms with E-state index < -0.39 is 0 Å². The molecule has 0 bridgehead atoms. The van der Waals surface area contributed by atoms with Gasteiger partial charge in [0, 0.05) is 24.4 Å². The number of allylic oxidation sites excluding steroid dienone is 4. The van der Waals surface area contributed by atoms with Gasteiger partial charge in [0.2, 0.25) is 0 Å². The molecular formula is C24H37NO2. The molecule has 150 valence electrons. The largest absolute Gasteiger partial charge is 0.461 e. The first-order valence-corrected chi connectivity index (χ1v) is 10.7. The van der Waals surface area contributed by atoms with Gasteiger partial charge in [0.1, 0.15) is 6.61 Å². The van der Waals surface area contributed by atoms with Crippen LogP contribution in [0.25, 0.3) is 0 Å². The SMILES string of the molecule is CCCCCCCCCC/C=C\C/C=C\CCC(=O)OCc1cccnc1. The van der Waals surface area contributed by atoms with Crippen LogP contribution in [-0.4, -0.2) is 11.0 Å². The number of unbranched alkanes of at least 4 members (excludes halogenated alkanes) is 8. The first-order valence-electron chi connectivity index (χ1n) is 10.7.